The van der Waals surface area contributed by atoms with Crippen molar-refractivity contribution < 1.29 is 14.6 Å². The minimum Gasteiger partial charge on any atom is -0.502 e. The first kappa shape index (κ1) is 16.9. The van der Waals surface area contributed by atoms with E-state index in [1.54, 1.807) is 0 Å². The van der Waals surface area contributed by atoms with Gasteiger partial charge in [-0.2, -0.15) is 0 Å². The maximum Gasteiger partial charge on any atom is 0.200 e. The molecule has 1 aliphatic rings. The molecular weight excluding hydrogens is 278 g/mol. The third kappa shape index (κ3) is 3.49. The van der Waals surface area contributed by atoms with Gasteiger partial charge in [0.1, 0.15) is 0 Å². The molecule has 1 aromatic carbocycles. The first-order valence-corrected chi connectivity index (χ1v) is 6.87. The summed E-state index contributed by atoms with van der Waals surface area (Å²) in [5.41, 5.74) is 7.34. The molecule has 0 saturated heterocycles. The van der Waals surface area contributed by atoms with E-state index in [9.17, 15) is 5.11 Å². The highest BCUT2D eigenvalue weighted by atomic mass is 35.5. The van der Waals surface area contributed by atoms with Gasteiger partial charge < -0.3 is 20.3 Å². The summed E-state index contributed by atoms with van der Waals surface area (Å²) in [5.74, 6) is 1.37. The molecule has 20 heavy (non-hydrogen) atoms. The zero-order valence-electron chi connectivity index (χ0n) is 12.1. The predicted octanol–water partition coefficient (Wildman–Crippen LogP) is 3.41. The maximum absolute atomic E-state index is 9.91. The van der Waals surface area contributed by atoms with Gasteiger partial charge in [-0.15, -0.1) is 12.4 Å². The van der Waals surface area contributed by atoms with Crippen LogP contribution in [0.3, 0.4) is 0 Å². The van der Waals surface area contributed by atoms with Crippen molar-refractivity contribution in [2.24, 2.45) is 11.7 Å². The molecule has 0 amide bonds. The maximum atomic E-state index is 9.91. The zero-order chi connectivity index (χ0) is 13.8. The molecule has 1 saturated carbocycles. The molecule has 0 spiro atoms. The van der Waals surface area contributed by atoms with Gasteiger partial charge in [-0.1, -0.05) is 19.3 Å². The lowest BCUT2D eigenvalue weighted by molar-refractivity contribution is 0.304. The van der Waals surface area contributed by atoms with E-state index in [-0.39, 0.29) is 24.2 Å². The fraction of sp³-hybridized carbons (Fsp3) is 0.600. The van der Waals surface area contributed by atoms with Crippen LogP contribution >= 0.6 is 12.4 Å². The van der Waals surface area contributed by atoms with Crippen molar-refractivity contribution in [2.45, 2.75) is 38.1 Å². The minimum atomic E-state index is -0.0244. The number of hydrogen-bond acceptors (Lipinski definition) is 4. The van der Waals surface area contributed by atoms with E-state index in [1.807, 2.05) is 12.1 Å². The average molecular weight is 302 g/mol. The molecule has 1 fully saturated rings. The molecule has 2 rings (SSSR count). The summed E-state index contributed by atoms with van der Waals surface area (Å²) in [6.07, 6.45) is 6.17. The molecule has 1 atom stereocenters. The Bertz CT molecular complexity index is 408. The number of hydrogen-bond donors (Lipinski definition) is 2. The van der Waals surface area contributed by atoms with Gasteiger partial charge in [0, 0.05) is 6.04 Å². The Labute approximate surface area is 126 Å². The Morgan fingerprint density at radius 2 is 1.60 bits per heavy atom. The van der Waals surface area contributed by atoms with Crippen molar-refractivity contribution in [1.29, 1.82) is 0 Å². The molecular formula is C15H24ClNO3. The Kier molecular flexibility index (Phi) is 6.43. The van der Waals surface area contributed by atoms with Gasteiger partial charge in [-0.05, 0) is 36.5 Å². The highest BCUT2D eigenvalue weighted by Crippen LogP contribution is 2.41. The van der Waals surface area contributed by atoms with Crippen LogP contribution in [0.5, 0.6) is 17.2 Å². The number of ether oxygens (including phenoxy) is 2. The summed E-state index contributed by atoms with van der Waals surface area (Å²) in [6, 6.07) is 3.61. The van der Waals surface area contributed by atoms with E-state index in [2.05, 4.69) is 0 Å². The van der Waals surface area contributed by atoms with Crippen LogP contribution in [0.4, 0.5) is 0 Å². The Morgan fingerprint density at radius 1 is 1.10 bits per heavy atom. The average Bonchev–Trinajstić information content (AvgIpc) is 2.47. The number of aromatic hydroxyl groups is 1. The van der Waals surface area contributed by atoms with Crippen LogP contribution in [0.1, 0.15) is 43.7 Å². The number of phenols is 1. The van der Waals surface area contributed by atoms with Gasteiger partial charge in [-0.3, -0.25) is 0 Å². The van der Waals surface area contributed by atoms with Crippen LogP contribution in [-0.2, 0) is 0 Å². The predicted molar refractivity (Wildman–Crippen MR) is 82.0 cm³/mol. The van der Waals surface area contributed by atoms with E-state index < -0.39 is 0 Å². The monoisotopic (exact) mass is 301 g/mol. The van der Waals surface area contributed by atoms with Crippen LogP contribution < -0.4 is 15.2 Å². The summed E-state index contributed by atoms with van der Waals surface area (Å²) in [6.45, 7) is 0. The summed E-state index contributed by atoms with van der Waals surface area (Å²) in [5, 5.41) is 9.91. The van der Waals surface area contributed by atoms with Crippen molar-refractivity contribution in [3.05, 3.63) is 17.7 Å². The van der Waals surface area contributed by atoms with E-state index in [0.29, 0.717) is 17.4 Å². The largest absolute Gasteiger partial charge is 0.502 e. The number of nitrogens with two attached hydrogens (primary N) is 1. The lowest BCUT2D eigenvalue weighted by atomic mass is 9.81. The smallest absolute Gasteiger partial charge is 0.200 e. The van der Waals surface area contributed by atoms with E-state index in [4.69, 9.17) is 15.2 Å². The summed E-state index contributed by atoms with van der Waals surface area (Å²) in [7, 11) is 3.06. The summed E-state index contributed by atoms with van der Waals surface area (Å²) < 4.78 is 10.4. The number of benzene rings is 1. The molecule has 0 heterocycles. The van der Waals surface area contributed by atoms with Crippen molar-refractivity contribution in [3.8, 4) is 17.2 Å². The normalized spacial score (nSPS) is 17.1. The summed E-state index contributed by atoms with van der Waals surface area (Å²) in [4.78, 5) is 0. The van der Waals surface area contributed by atoms with Gasteiger partial charge in [0.15, 0.2) is 11.5 Å². The first-order valence-electron chi connectivity index (χ1n) is 6.87. The second kappa shape index (κ2) is 7.60. The van der Waals surface area contributed by atoms with Crippen molar-refractivity contribution in [3.63, 3.8) is 0 Å². The number of phenolic OH excluding ortho intramolecular Hbond substituents is 1. The molecule has 4 nitrogen and oxygen atoms in total. The third-order valence-electron chi connectivity index (χ3n) is 4.04. The SMILES string of the molecule is COc1cc([C@H](N)C2CCCCC2)cc(OC)c1O.Cl. The van der Waals surface area contributed by atoms with Crippen LogP contribution in [-0.4, -0.2) is 19.3 Å². The Morgan fingerprint density at radius 3 is 2.05 bits per heavy atom. The van der Waals surface area contributed by atoms with Gasteiger partial charge in [-0.25, -0.2) is 0 Å². The standard InChI is InChI=1S/C15H23NO3.ClH/c1-18-12-8-11(9-13(19-2)15(12)17)14(16)10-6-4-3-5-7-10;/h8-10,14,17H,3-7,16H2,1-2H3;1H/t14-;/m1./s1. The van der Waals surface area contributed by atoms with Crippen molar-refractivity contribution in [2.75, 3.05) is 14.2 Å². The number of halogens is 1. The highest BCUT2D eigenvalue weighted by molar-refractivity contribution is 5.85. The molecule has 0 aromatic heterocycles. The van der Waals surface area contributed by atoms with Crippen molar-refractivity contribution >= 4 is 12.4 Å². The molecule has 0 bridgehead atoms. The van der Waals surface area contributed by atoms with Crippen LogP contribution in [0.25, 0.3) is 0 Å². The minimum absolute atomic E-state index is 0. The molecule has 3 N–H and O–H groups in total. The molecule has 0 unspecified atom stereocenters. The van der Waals surface area contributed by atoms with Crippen molar-refractivity contribution in [1.82, 2.24) is 0 Å². The second-order valence-electron chi connectivity index (χ2n) is 5.20. The van der Waals surface area contributed by atoms with Gasteiger partial charge in [0.2, 0.25) is 5.75 Å². The van der Waals surface area contributed by atoms with E-state index in [0.717, 1.165) is 5.56 Å². The Hall–Kier alpha value is -1.13. The topological polar surface area (TPSA) is 64.7 Å². The lowest BCUT2D eigenvalue weighted by Gasteiger charge is -2.28. The van der Waals surface area contributed by atoms with Crippen LogP contribution in [0, 0.1) is 5.92 Å². The van der Waals surface area contributed by atoms with E-state index in [1.165, 1.54) is 46.3 Å². The van der Waals surface area contributed by atoms with Crippen LogP contribution in [0.2, 0.25) is 0 Å². The molecule has 1 aromatic rings. The van der Waals surface area contributed by atoms with E-state index >= 15 is 0 Å². The quantitative estimate of drug-likeness (QED) is 0.894. The zero-order valence-corrected chi connectivity index (χ0v) is 12.9. The first-order chi connectivity index (χ1) is 9.17. The molecule has 1 aliphatic carbocycles. The second-order valence-corrected chi connectivity index (χ2v) is 5.20. The number of rotatable bonds is 4. The van der Waals surface area contributed by atoms with Gasteiger partial charge in [0.05, 0.1) is 14.2 Å². The summed E-state index contributed by atoms with van der Waals surface area (Å²) >= 11 is 0. The highest BCUT2D eigenvalue weighted by Gasteiger charge is 2.24. The molecule has 5 heteroatoms. The van der Waals surface area contributed by atoms with Gasteiger partial charge in [0.25, 0.3) is 0 Å². The lowest BCUT2D eigenvalue weighted by Crippen LogP contribution is -2.23. The number of methoxy groups -OCH3 is 2. The fourth-order valence-electron chi connectivity index (χ4n) is 2.87. The Balaban J connectivity index is 0.00000200. The fourth-order valence-corrected chi connectivity index (χ4v) is 2.87. The molecule has 0 radical (unpaired) electrons. The van der Waals surface area contributed by atoms with Crippen LogP contribution in [0.15, 0.2) is 12.1 Å². The molecule has 114 valence electrons. The van der Waals surface area contributed by atoms with Gasteiger partial charge >= 0.3 is 0 Å². The third-order valence-corrected chi connectivity index (χ3v) is 4.04. The molecule has 0 aliphatic heterocycles.